The number of hydrogen-bond donors (Lipinski definition) is 2. The van der Waals surface area contributed by atoms with E-state index in [4.69, 9.17) is 0 Å². The lowest BCUT2D eigenvalue weighted by Gasteiger charge is -2.25. The van der Waals surface area contributed by atoms with E-state index in [9.17, 15) is 13.2 Å². The highest BCUT2D eigenvalue weighted by Gasteiger charge is 2.30. The van der Waals surface area contributed by atoms with Gasteiger partial charge in [-0.1, -0.05) is 60.7 Å². The van der Waals surface area contributed by atoms with E-state index in [0.717, 1.165) is 11.1 Å². The normalized spacial score (nSPS) is 20.0. The Kier molecular flexibility index (Phi) is 5.74. The van der Waals surface area contributed by atoms with Crippen LogP contribution in [0.4, 0.5) is 0 Å². The van der Waals surface area contributed by atoms with Crippen molar-refractivity contribution in [2.24, 2.45) is 0 Å². The van der Waals surface area contributed by atoms with Gasteiger partial charge in [-0.25, -0.2) is 8.42 Å². The summed E-state index contributed by atoms with van der Waals surface area (Å²) in [4.78, 5) is 12.5. The lowest BCUT2D eigenvalue weighted by Crippen LogP contribution is -2.47. The van der Waals surface area contributed by atoms with Gasteiger partial charge in [0.25, 0.3) is 0 Å². The van der Waals surface area contributed by atoms with Crippen LogP contribution in [0.3, 0.4) is 0 Å². The molecule has 5 nitrogen and oxygen atoms in total. The molecule has 1 fully saturated rings. The number of amides is 1. The Balaban J connectivity index is 1.71. The lowest BCUT2D eigenvalue weighted by atomic mass is 9.98. The number of hydrogen-bond acceptors (Lipinski definition) is 4. The molecule has 0 bridgehead atoms. The van der Waals surface area contributed by atoms with Crippen LogP contribution in [-0.4, -0.2) is 37.9 Å². The fourth-order valence-corrected chi connectivity index (χ4v) is 4.91. The molecule has 0 radical (unpaired) electrons. The van der Waals surface area contributed by atoms with Gasteiger partial charge in [0.2, 0.25) is 5.91 Å². The zero-order chi connectivity index (χ0) is 18.6. The number of carbonyl (C=O) groups excluding carboxylic acids is 1. The number of sulfone groups is 1. The van der Waals surface area contributed by atoms with Gasteiger partial charge in [0.1, 0.15) is 0 Å². The van der Waals surface area contributed by atoms with Crippen molar-refractivity contribution >= 4 is 15.7 Å². The third kappa shape index (κ3) is 4.71. The summed E-state index contributed by atoms with van der Waals surface area (Å²) < 4.78 is 23.1. The van der Waals surface area contributed by atoms with E-state index in [1.165, 1.54) is 0 Å². The van der Waals surface area contributed by atoms with Gasteiger partial charge in [-0.15, -0.1) is 0 Å². The molecule has 0 unspecified atom stereocenters. The molecule has 1 amide bonds. The van der Waals surface area contributed by atoms with E-state index in [-0.39, 0.29) is 29.5 Å². The first kappa shape index (κ1) is 18.6. The molecule has 138 valence electrons. The van der Waals surface area contributed by atoms with E-state index in [1.54, 1.807) is 6.92 Å². The molecule has 2 aromatic carbocycles. The lowest BCUT2D eigenvalue weighted by molar-refractivity contribution is -0.123. The van der Waals surface area contributed by atoms with Crippen molar-refractivity contribution in [1.29, 1.82) is 0 Å². The average molecular weight is 372 g/mol. The molecule has 1 saturated heterocycles. The molecule has 2 atom stereocenters. The summed E-state index contributed by atoms with van der Waals surface area (Å²) in [6.07, 6.45) is 0.488. The summed E-state index contributed by atoms with van der Waals surface area (Å²) in [5.74, 6) is 0.00632. The van der Waals surface area contributed by atoms with Crippen molar-refractivity contribution in [2.45, 2.75) is 31.5 Å². The number of nitrogens with one attached hydrogen (secondary N) is 2. The molecule has 0 spiro atoms. The van der Waals surface area contributed by atoms with Crippen LogP contribution in [0.15, 0.2) is 60.7 Å². The molecule has 26 heavy (non-hydrogen) atoms. The van der Waals surface area contributed by atoms with Crippen LogP contribution in [0.2, 0.25) is 0 Å². The minimum atomic E-state index is -3.01. The van der Waals surface area contributed by atoms with Crippen molar-refractivity contribution in [1.82, 2.24) is 10.6 Å². The second kappa shape index (κ2) is 8.01. The van der Waals surface area contributed by atoms with Crippen LogP contribution in [0.1, 0.15) is 30.5 Å². The zero-order valence-corrected chi connectivity index (χ0v) is 15.6. The molecule has 3 rings (SSSR count). The number of carbonyl (C=O) groups is 1. The minimum Gasteiger partial charge on any atom is -0.351 e. The first-order valence-electron chi connectivity index (χ1n) is 8.81. The highest BCUT2D eigenvalue weighted by atomic mass is 32.2. The fourth-order valence-electron chi connectivity index (χ4n) is 3.24. The first-order valence-corrected chi connectivity index (χ1v) is 10.6. The van der Waals surface area contributed by atoms with Gasteiger partial charge in [0.15, 0.2) is 9.84 Å². The van der Waals surface area contributed by atoms with Crippen LogP contribution in [0.5, 0.6) is 0 Å². The van der Waals surface area contributed by atoms with Crippen LogP contribution in [0, 0.1) is 0 Å². The van der Waals surface area contributed by atoms with E-state index in [1.807, 2.05) is 60.7 Å². The third-order valence-corrected chi connectivity index (χ3v) is 6.42. The third-order valence-electron chi connectivity index (χ3n) is 4.65. The van der Waals surface area contributed by atoms with Crippen LogP contribution in [0.25, 0.3) is 0 Å². The van der Waals surface area contributed by atoms with Gasteiger partial charge >= 0.3 is 0 Å². The summed E-state index contributed by atoms with van der Waals surface area (Å²) in [7, 11) is -3.01. The molecule has 1 aliphatic rings. The Hall–Kier alpha value is -2.18. The van der Waals surface area contributed by atoms with Gasteiger partial charge in [-0.05, 0) is 24.5 Å². The van der Waals surface area contributed by atoms with Gasteiger partial charge in [-0.2, -0.15) is 0 Å². The molecule has 2 N–H and O–H groups in total. The van der Waals surface area contributed by atoms with Crippen LogP contribution >= 0.6 is 0 Å². The summed E-state index contributed by atoms with van der Waals surface area (Å²) in [6.45, 7) is 1.80. The van der Waals surface area contributed by atoms with Gasteiger partial charge < -0.3 is 5.32 Å². The largest absolute Gasteiger partial charge is 0.351 e. The molecular weight excluding hydrogens is 348 g/mol. The molecule has 0 aliphatic carbocycles. The van der Waals surface area contributed by atoms with Crippen LogP contribution in [-0.2, 0) is 14.6 Å². The zero-order valence-electron chi connectivity index (χ0n) is 14.8. The Bertz CT molecular complexity index is 798. The topological polar surface area (TPSA) is 75.3 Å². The molecule has 1 heterocycles. The second-order valence-corrected chi connectivity index (χ2v) is 8.98. The predicted octanol–water partition coefficient (Wildman–Crippen LogP) is 2.06. The highest BCUT2D eigenvalue weighted by Crippen LogP contribution is 2.22. The SMILES string of the molecule is C[C@@H](NC(c1ccccc1)c1ccccc1)C(=O)N[C@@H]1CCS(=O)(=O)C1. The average Bonchev–Trinajstić information content (AvgIpc) is 2.99. The summed E-state index contributed by atoms with van der Waals surface area (Å²) in [5, 5.41) is 6.24. The molecule has 0 aromatic heterocycles. The van der Waals surface area contributed by atoms with E-state index < -0.39 is 15.9 Å². The summed E-state index contributed by atoms with van der Waals surface area (Å²) >= 11 is 0. The standard InChI is InChI=1S/C20H24N2O3S/c1-15(20(23)22-18-12-13-26(24,25)14-18)21-19(16-8-4-2-5-9-16)17-10-6-3-7-11-17/h2-11,15,18-19,21H,12-14H2,1H3,(H,22,23)/t15-,18-/m1/s1. The summed E-state index contributed by atoms with van der Waals surface area (Å²) in [5.41, 5.74) is 2.14. The maximum atomic E-state index is 12.5. The molecule has 1 aliphatic heterocycles. The van der Waals surface area contributed by atoms with Crippen molar-refractivity contribution in [3.8, 4) is 0 Å². The van der Waals surface area contributed by atoms with Gasteiger partial charge in [-0.3, -0.25) is 10.1 Å². The van der Waals surface area contributed by atoms with E-state index >= 15 is 0 Å². The number of rotatable bonds is 6. The van der Waals surface area contributed by atoms with E-state index in [2.05, 4.69) is 10.6 Å². The Morgan fingerprint density at radius 1 is 1.00 bits per heavy atom. The smallest absolute Gasteiger partial charge is 0.237 e. The Labute approximate surface area is 154 Å². The summed E-state index contributed by atoms with van der Waals surface area (Å²) in [6, 6.07) is 19.1. The van der Waals surface area contributed by atoms with Crippen molar-refractivity contribution in [3.05, 3.63) is 71.8 Å². The van der Waals surface area contributed by atoms with Crippen LogP contribution < -0.4 is 10.6 Å². The van der Waals surface area contributed by atoms with Crippen molar-refractivity contribution in [2.75, 3.05) is 11.5 Å². The molecule has 0 saturated carbocycles. The first-order chi connectivity index (χ1) is 12.4. The molecular formula is C20H24N2O3S. The quantitative estimate of drug-likeness (QED) is 0.814. The molecule has 6 heteroatoms. The Morgan fingerprint density at radius 2 is 1.54 bits per heavy atom. The maximum Gasteiger partial charge on any atom is 0.237 e. The van der Waals surface area contributed by atoms with Gasteiger partial charge in [0.05, 0.1) is 23.6 Å². The van der Waals surface area contributed by atoms with Crippen molar-refractivity contribution < 1.29 is 13.2 Å². The minimum absolute atomic E-state index is 0.0340. The maximum absolute atomic E-state index is 12.5. The number of benzene rings is 2. The highest BCUT2D eigenvalue weighted by molar-refractivity contribution is 7.91. The second-order valence-electron chi connectivity index (χ2n) is 6.75. The fraction of sp³-hybridized carbons (Fsp3) is 0.350. The Morgan fingerprint density at radius 3 is 2.00 bits per heavy atom. The molecule has 2 aromatic rings. The van der Waals surface area contributed by atoms with Gasteiger partial charge in [0, 0.05) is 6.04 Å². The monoisotopic (exact) mass is 372 g/mol. The predicted molar refractivity (Wildman–Crippen MR) is 103 cm³/mol. The van der Waals surface area contributed by atoms with Crippen molar-refractivity contribution in [3.63, 3.8) is 0 Å². The van der Waals surface area contributed by atoms with E-state index in [0.29, 0.717) is 6.42 Å².